The molecule has 0 bridgehead atoms. The summed E-state index contributed by atoms with van der Waals surface area (Å²) in [6.45, 7) is 4.58. The molecule has 0 aromatic heterocycles. The number of amides is 1. The van der Waals surface area contributed by atoms with Crippen LogP contribution in [0.1, 0.15) is 35.7 Å². The van der Waals surface area contributed by atoms with E-state index in [9.17, 15) is 13.2 Å². The van der Waals surface area contributed by atoms with Crippen LogP contribution in [0.2, 0.25) is 0 Å². The van der Waals surface area contributed by atoms with Crippen LogP contribution >= 0.6 is 12.4 Å². The lowest BCUT2D eigenvalue weighted by Gasteiger charge is -2.33. The number of aryl methyl sites for hydroxylation is 1. The molecule has 0 radical (unpaired) electrons. The van der Waals surface area contributed by atoms with Crippen molar-refractivity contribution in [2.75, 3.05) is 13.1 Å². The van der Waals surface area contributed by atoms with Gasteiger partial charge < -0.3 is 11.5 Å². The number of benzene rings is 1. The van der Waals surface area contributed by atoms with Crippen LogP contribution in [0.5, 0.6) is 0 Å². The zero-order valence-electron chi connectivity index (χ0n) is 13.4. The van der Waals surface area contributed by atoms with Gasteiger partial charge in [0.1, 0.15) is 0 Å². The monoisotopic (exact) mass is 361 g/mol. The second-order valence-corrected chi connectivity index (χ2v) is 7.88. The van der Waals surface area contributed by atoms with Gasteiger partial charge in [0.25, 0.3) is 0 Å². The SMILES string of the molecule is Cc1ccc(S(=O)(=O)N2CCC(C(C)N)CC2)cc1C(N)=O.Cl. The fourth-order valence-electron chi connectivity index (χ4n) is 2.82. The van der Waals surface area contributed by atoms with Crippen molar-refractivity contribution in [1.82, 2.24) is 4.31 Å². The van der Waals surface area contributed by atoms with Crippen LogP contribution in [0, 0.1) is 12.8 Å². The molecule has 23 heavy (non-hydrogen) atoms. The van der Waals surface area contributed by atoms with Gasteiger partial charge in [0.05, 0.1) is 4.90 Å². The van der Waals surface area contributed by atoms with Crippen LogP contribution < -0.4 is 11.5 Å². The number of hydrogen-bond donors (Lipinski definition) is 2. The zero-order valence-corrected chi connectivity index (χ0v) is 15.0. The Morgan fingerprint density at radius 2 is 1.87 bits per heavy atom. The van der Waals surface area contributed by atoms with Gasteiger partial charge in [-0.25, -0.2) is 8.42 Å². The maximum absolute atomic E-state index is 12.7. The fraction of sp³-hybridized carbons (Fsp3) is 0.533. The molecule has 6 nitrogen and oxygen atoms in total. The number of nitrogens with two attached hydrogens (primary N) is 2. The Labute approximate surface area is 143 Å². The summed E-state index contributed by atoms with van der Waals surface area (Å²) < 4.78 is 26.8. The van der Waals surface area contributed by atoms with Crippen molar-refractivity contribution in [3.63, 3.8) is 0 Å². The third kappa shape index (κ3) is 4.23. The Balaban J connectivity index is 0.00000264. The average molecular weight is 362 g/mol. The van der Waals surface area contributed by atoms with E-state index in [0.717, 1.165) is 12.8 Å². The molecule has 0 spiro atoms. The molecule has 1 aliphatic rings. The van der Waals surface area contributed by atoms with E-state index in [1.165, 1.54) is 16.4 Å². The fourth-order valence-corrected chi connectivity index (χ4v) is 4.31. The third-order valence-corrected chi connectivity index (χ3v) is 6.25. The Morgan fingerprint density at radius 3 is 2.35 bits per heavy atom. The number of nitrogens with zero attached hydrogens (tertiary/aromatic N) is 1. The minimum Gasteiger partial charge on any atom is -0.366 e. The average Bonchev–Trinajstić information content (AvgIpc) is 2.47. The summed E-state index contributed by atoms with van der Waals surface area (Å²) in [6.07, 6.45) is 1.51. The van der Waals surface area contributed by atoms with Gasteiger partial charge in [0.15, 0.2) is 0 Å². The normalized spacial score (nSPS) is 18.2. The van der Waals surface area contributed by atoms with E-state index in [-0.39, 0.29) is 28.9 Å². The smallest absolute Gasteiger partial charge is 0.249 e. The lowest BCUT2D eigenvalue weighted by Crippen LogP contribution is -2.42. The van der Waals surface area contributed by atoms with E-state index in [0.29, 0.717) is 24.6 Å². The highest BCUT2D eigenvalue weighted by Gasteiger charge is 2.31. The molecule has 1 atom stereocenters. The standard InChI is InChI=1S/C15H23N3O3S.ClH/c1-10-3-4-13(9-14(10)15(17)19)22(20,21)18-7-5-12(6-8-18)11(2)16;/h3-4,9,11-12H,5-8,16H2,1-2H3,(H2,17,19);1H. The predicted molar refractivity (Wildman–Crippen MR) is 92.1 cm³/mol. The molecule has 1 heterocycles. The topological polar surface area (TPSA) is 106 Å². The minimum absolute atomic E-state index is 0. The quantitative estimate of drug-likeness (QED) is 0.841. The van der Waals surface area contributed by atoms with Crippen molar-refractivity contribution in [1.29, 1.82) is 0 Å². The van der Waals surface area contributed by atoms with E-state index in [1.54, 1.807) is 13.0 Å². The van der Waals surface area contributed by atoms with Crippen molar-refractivity contribution >= 4 is 28.3 Å². The van der Waals surface area contributed by atoms with Crippen LogP contribution in [0.3, 0.4) is 0 Å². The van der Waals surface area contributed by atoms with Crippen LogP contribution in [0.25, 0.3) is 0 Å². The molecule has 1 aromatic rings. The molecule has 1 aliphatic heterocycles. The number of hydrogen-bond acceptors (Lipinski definition) is 4. The zero-order chi connectivity index (χ0) is 16.5. The highest BCUT2D eigenvalue weighted by Crippen LogP contribution is 2.26. The summed E-state index contributed by atoms with van der Waals surface area (Å²) in [5.41, 5.74) is 12.1. The first-order valence-electron chi connectivity index (χ1n) is 7.39. The maximum atomic E-state index is 12.7. The van der Waals surface area contributed by atoms with E-state index >= 15 is 0 Å². The molecule has 0 aliphatic carbocycles. The predicted octanol–water partition coefficient (Wildman–Crippen LogP) is 1.26. The van der Waals surface area contributed by atoms with Gasteiger partial charge in [-0.05, 0) is 50.3 Å². The van der Waals surface area contributed by atoms with Crippen molar-refractivity contribution in [3.8, 4) is 0 Å². The second-order valence-electron chi connectivity index (χ2n) is 5.94. The van der Waals surface area contributed by atoms with Crippen LogP contribution in [0.4, 0.5) is 0 Å². The first-order valence-corrected chi connectivity index (χ1v) is 8.83. The van der Waals surface area contributed by atoms with Crippen LogP contribution in [0.15, 0.2) is 23.1 Å². The van der Waals surface area contributed by atoms with Gasteiger partial charge in [-0.1, -0.05) is 6.07 Å². The van der Waals surface area contributed by atoms with Crippen molar-refractivity contribution in [2.24, 2.45) is 17.4 Å². The number of halogens is 1. The molecule has 8 heteroatoms. The summed E-state index contributed by atoms with van der Waals surface area (Å²) in [7, 11) is -3.60. The highest BCUT2D eigenvalue weighted by atomic mass is 35.5. The molecule has 130 valence electrons. The van der Waals surface area contributed by atoms with E-state index < -0.39 is 15.9 Å². The largest absolute Gasteiger partial charge is 0.366 e. The Morgan fingerprint density at radius 1 is 1.30 bits per heavy atom. The second kappa shape index (κ2) is 7.61. The van der Waals surface area contributed by atoms with E-state index in [1.807, 2.05) is 6.92 Å². The van der Waals surface area contributed by atoms with Gasteiger partial charge >= 0.3 is 0 Å². The van der Waals surface area contributed by atoms with Crippen LogP contribution in [-0.2, 0) is 10.0 Å². The van der Waals surface area contributed by atoms with Crippen molar-refractivity contribution < 1.29 is 13.2 Å². The molecule has 1 aromatic carbocycles. The molecule has 4 N–H and O–H groups in total. The van der Waals surface area contributed by atoms with Gasteiger partial charge in [0, 0.05) is 24.7 Å². The van der Waals surface area contributed by atoms with E-state index in [4.69, 9.17) is 11.5 Å². The van der Waals surface area contributed by atoms with Crippen molar-refractivity contribution in [2.45, 2.75) is 37.6 Å². The lowest BCUT2D eigenvalue weighted by atomic mass is 9.92. The summed E-state index contributed by atoms with van der Waals surface area (Å²) in [6, 6.07) is 4.58. The van der Waals surface area contributed by atoms with Gasteiger partial charge in [-0.2, -0.15) is 4.31 Å². The number of primary amides is 1. The molecule has 1 saturated heterocycles. The lowest BCUT2D eigenvalue weighted by molar-refractivity contribution is 0.0999. The molecular weight excluding hydrogens is 338 g/mol. The number of piperidine rings is 1. The van der Waals surface area contributed by atoms with Gasteiger partial charge in [-0.15, -0.1) is 12.4 Å². The number of sulfonamides is 1. The molecule has 0 saturated carbocycles. The number of rotatable bonds is 4. The van der Waals surface area contributed by atoms with Gasteiger partial charge in [0.2, 0.25) is 15.9 Å². The van der Waals surface area contributed by atoms with Crippen LogP contribution in [-0.4, -0.2) is 37.8 Å². The highest BCUT2D eigenvalue weighted by molar-refractivity contribution is 7.89. The third-order valence-electron chi connectivity index (χ3n) is 4.35. The first-order chi connectivity index (χ1) is 10.2. The summed E-state index contributed by atoms with van der Waals surface area (Å²) in [5, 5.41) is 0. The first kappa shape index (κ1) is 19.9. The minimum atomic E-state index is -3.60. The summed E-state index contributed by atoms with van der Waals surface area (Å²) >= 11 is 0. The number of carbonyl (C=O) groups is 1. The van der Waals surface area contributed by atoms with Crippen molar-refractivity contribution in [3.05, 3.63) is 29.3 Å². The molecular formula is C15H24ClN3O3S. The Bertz CT molecular complexity index is 669. The van der Waals surface area contributed by atoms with E-state index in [2.05, 4.69) is 0 Å². The summed E-state index contributed by atoms with van der Waals surface area (Å²) in [4.78, 5) is 11.5. The molecule has 1 fully saturated rings. The van der Waals surface area contributed by atoms with Gasteiger partial charge in [-0.3, -0.25) is 4.79 Å². The molecule has 1 amide bonds. The number of carbonyl (C=O) groups excluding carboxylic acids is 1. The molecule has 1 unspecified atom stereocenters. The Kier molecular flexibility index (Phi) is 6.59. The molecule has 2 rings (SSSR count). The maximum Gasteiger partial charge on any atom is 0.249 e. The summed E-state index contributed by atoms with van der Waals surface area (Å²) in [5.74, 6) is -0.268. The Hall–Kier alpha value is -1.15.